The van der Waals surface area contributed by atoms with Crippen molar-refractivity contribution >= 4 is 28.9 Å². The maximum absolute atomic E-state index is 12.0. The van der Waals surface area contributed by atoms with Crippen LogP contribution in [-0.4, -0.2) is 25.0 Å². The van der Waals surface area contributed by atoms with Gasteiger partial charge in [-0.3, -0.25) is 4.79 Å². The van der Waals surface area contributed by atoms with Gasteiger partial charge >= 0.3 is 0 Å². The number of likely N-dealkylation sites (N-methyl/N-ethyl adjacent to an activating group) is 1. The molecule has 2 rings (SSSR count). The van der Waals surface area contributed by atoms with E-state index in [0.717, 1.165) is 18.5 Å². The minimum absolute atomic E-state index is 0.0272. The van der Waals surface area contributed by atoms with Crippen LogP contribution in [-0.2, 0) is 4.79 Å². The zero-order chi connectivity index (χ0) is 13.3. The first kappa shape index (κ1) is 13.0. The lowest BCUT2D eigenvalue weighted by Crippen LogP contribution is -2.44. The van der Waals surface area contributed by atoms with Crippen LogP contribution in [0.15, 0.2) is 18.2 Å². The fraction of sp³-hybridized carbons (Fsp3) is 0.462. The van der Waals surface area contributed by atoms with Crippen molar-refractivity contribution in [3.8, 4) is 0 Å². The van der Waals surface area contributed by atoms with E-state index >= 15 is 0 Å². The van der Waals surface area contributed by atoms with Crippen molar-refractivity contribution in [1.82, 2.24) is 5.32 Å². The third kappa shape index (κ3) is 2.88. The second-order valence-electron chi connectivity index (χ2n) is 4.77. The predicted octanol–water partition coefficient (Wildman–Crippen LogP) is 2.03. The lowest BCUT2D eigenvalue weighted by atomic mass is 10.2. The summed E-state index contributed by atoms with van der Waals surface area (Å²) in [6.45, 7) is 1.86. The highest BCUT2D eigenvalue weighted by atomic mass is 35.5. The summed E-state index contributed by atoms with van der Waals surface area (Å²) in [7, 11) is 1.85. The Bertz CT molecular complexity index is 460. The first-order valence-electron chi connectivity index (χ1n) is 6.07. The Labute approximate surface area is 112 Å². The maximum atomic E-state index is 12.0. The number of benzene rings is 1. The molecule has 1 saturated carbocycles. The number of nitrogens with zero attached hydrogens (tertiary/aromatic N) is 1. The second kappa shape index (κ2) is 5.06. The van der Waals surface area contributed by atoms with Crippen LogP contribution < -0.4 is 16.0 Å². The van der Waals surface area contributed by atoms with Gasteiger partial charge < -0.3 is 16.0 Å². The van der Waals surface area contributed by atoms with Gasteiger partial charge in [0.2, 0.25) is 5.91 Å². The molecule has 98 valence electrons. The number of hydrogen-bond acceptors (Lipinski definition) is 3. The summed E-state index contributed by atoms with van der Waals surface area (Å²) in [5, 5.41) is 3.60. The summed E-state index contributed by atoms with van der Waals surface area (Å²) in [5.74, 6) is 0.0272. The van der Waals surface area contributed by atoms with E-state index < -0.39 is 0 Å². The van der Waals surface area contributed by atoms with Gasteiger partial charge in [0, 0.05) is 18.1 Å². The Morgan fingerprint density at radius 1 is 1.56 bits per heavy atom. The van der Waals surface area contributed by atoms with E-state index in [1.807, 2.05) is 18.9 Å². The van der Waals surface area contributed by atoms with Gasteiger partial charge in [0.1, 0.15) is 6.04 Å². The lowest BCUT2D eigenvalue weighted by Gasteiger charge is -2.27. The van der Waals surface area contributed by atoms with Crippen LogP contribution in [0, 0.1) is 0 Å². The lowest BCUT2D eigenvalue weighted by molar-refractivity contribution is -0.122. The molecule has 1 aliphatic carbocycles. The van der Waals surface area contributed by atoms with Crippen LogP contribution in [0.25, 0.3) is 0 Å². The molecular weight excluding hydrogens is 250 g/mol. The average Bonchev–Trinajstić information content (AvgIpc) is 3.14. The summed E-state index contributed by atoms with van der Waals surface area (Å²) < 4.78 is 0. The summed E-state index contributed by atoms with van der Waals surface area (Å²) in [6.07, 6.45) is 2.17. The molecule has 0 heterocycles. The molecule has 0 bridgehead atoms. The first-order valence-corrected chi connectivity index (χ1v) is 6.45. The van der Waals surface area contributed by atoms with Crippen molar-refractivity contribution in [2.45, 2.75) is 31.8 Å². The highest BCUT2D eigenvalue weighted by Crippen LogP contribution is 2.27. The molecule has 1 aromatic carbocycles. The maximum Gasteiger partial charge on any atom is 0.242 e. The Balaban J connectivity index is 2.10. The third-order valence-electron chi connectivity index (χ3n) is 3.26. The molecule has 3 N–H and O–H groups in total. The Kier molecular flexibility index (Phi) is 3.66. The van der Waals surface area contributed by atoms with Crippen molar-refractivity contribution in [3.05, 3.63) is 23.2 Å². The number of hydrogen-bond donors (Lipinski definition) is 2. The number of halogens is 1. The van der Waals surface area contributed by atoms with Crippen LogP contribution in [0.4, 0.5) is 11.4 Å². The van der Waals surface area contributed by atoms with Gasteiger partial charge in [0.05, 0.1) is 11.4 Å². The van der Waals surface area contributed by atoms with Gasteiger partial charge in [-0.1, -0.05) is 11.6 Å². The fourth-order valence-corrected chi connectivity index (χ4v) is 1.92. The summed E-state index contributed by atoms with van der Waals surface area (Å²) in [5.41, 5.74) is 7.31. The molecule has 0 radical (unpaired) electrons. The van der Waals surface area contributed by atoms with Crippen molar-refractivity contribution < 1.29 is 4.79 Å². The molecular formula is C13H18ClN3O. The Morgan fingerprint density at radius 3 is 2.83 bits per heavy atom. The number of carbonyl (C=O) groups is 1. The molecule has 0 spiro atoms. The largest absolute Gasteiger partial charge is 0.397 e. The molecule has 1 aromatic rings. The Morgan fingerprint density at radius 2 is 2.22 bits per heavy atom. The quantitative estimate of drug-likeness (QED) is 0.821. The molecule has 1 unspecified atom stereocenters. The van der Waals surface area contributed by atoms with Crippen LogP contribution in [0.2, 0.25) is 5.02 Å². The number of carbonyl (C=O) groups excluding carboxylic acids is 1. The number of rotatable bonds is 4. The topological polar surface area (TPSA) is 58.4 Å². The fourth-order valence-electron chi connectivity index (χ4n) is 1.76. The molecule has 0 saturated heterocycles. The van der Waals surface area contributed by atoms with Crippen LogP contribution >= 0.6 is 11.6 Å². The van der Waals surface area contributed by atoms with Crippen LogP contribution in [0.5, 0.6) is 0 Å². The summed E-state index contributed by atoms with van der Waals surface area (Å²) >= 11 is 5.96. The molecule has 1 amide bonds. The first-order chi connectivity index (χ1) is 8.49. The van der Waals surface area contributed by atoms with E-state index in [1.165, 1.54) is 0 Å². The van der Waals surface area contributed by atoms with Gasteiger partial charge in [-0.15, -0.1) is 0 Å². The normalized spacial score (nSPS) is 16.2. The molecule has 0 aromatic heterocycles. The van der Waals surface area contributed by atoms with Gasteiger partial charge in [0.15, 0.2) is 0 Å². The number of amides is 1. The SMILES string of the molecule is CC(C(=O)NC1CC1)N(C)c1cc(Cl)ccc1N. The zero-order valence-electron chi connectivity index (χ0n) is 10.6. The van der Waals surface area contributed by atoms with Gasteiger partial charge in [-0.2, -0.15) is 0 Å². The van der Waals surface area contributed by atoms with Crippen molar-refractivity contribution in [2.24, 2.45) is 0 Å². The molecule has 1 atom stereocenters. The van der Waals surface area contributed by atoms with Gasteiger partial charge in [0.25, 0.3) is 0 Å². The van der Waals surface area contributed by atoms with E-state index in [-0.39, 0.29) is 11.9 Å². The molecule has 1 aliphatic rings. The number of nitrogens with one attached hydrogen (secondary N) is 1. The average molecular weight is 268 g/mol. The minimum Gasteiger partial charge on any atom is -0.397 e. The van der Waals surface area contributed by atoms with Crippen molar-refractivity contribution in [3.63, 3.8) is 0 Å². The summed E-state index contributed by atoms with van der Waals surface area (Å²) in [6, 6.07) is 5.36. The molecule has 5 heteroatoms. The van der Waals surface area contributed by atoms with Crippen molar-refractivity contribution in [1.29, 1.82) is 0 Å². The standard InChI is InChI=1S/C13H18ClN3O/c1-8(13(18)16-10-4-5-10)17(2)12-7-9(14)3-6-11(12)15/h3,6-8,10H,4-5,15H2,1-2H3,(H,16,18). The highest BCUT2D eigenvalue weighted by molar-refractivity contribution is 6.31. The van der Waals surface area contributed by atoms with E-state index in [2.05, 4.69) is 5.32 Å². The predicted molar refractivity (Wildman–Crippen MR) is 74.9 cm³/mol. The zero-order valence-corrected chi connectivity index (χ0v) is 11.4. The van der Waals surface area contributed by atoms with E-state index in [0.29, 0.717) is 16.8 Å². The van der Waals surface area contributed by atoms with Gasteiger partial charge in [-0.05, 0) is 38.0 Å². The number of anilines is 2. The van der Waals surface area contributed by atoms with Crippen LogP contribution in [0.3, 0.4) is 0 Å². The van der Waals surface area contributed by atoms with Crippen LogP contribution in [0.1, 0.15) is 19.8 Å². The van der Waals surface area contributed by atoms with Gasteiger partial charge in [-0.25, -0.2) is 0 Å². The molecule has 4 nitrogen and oxygen atoms in total. The number of nitrogen functional groups attached to an aromatic ring is 1. The minimum atomic E-state index is -0.272. The molecule has 18 heavy (non-hydrogen) atoms. The smallest absolute Gasteiger partial charge is 0.242 e. The van der Waals surface area contributed by atoms with E-state index in [9.17, 15) is 4.79 Å². The third-order valence-corrected chi connectivity index (χ3v) is 3.49. The number of nitrogens with two attached hydrogens (primary N) is 1. The van der Waals surface area contributed by atoms with Crippen molar-refractivity contribution in [2.75, 3.05) is 17.7 Å². The highest BCUT2D eigenvalue weighted by Gasteiger charge is 2.27. The van der Waals surface area contributed by atoms with E-state index in [4.69, 9.17) is 17.3 Å². The molecule has 1 fully saturated rings. The monoisotopic (exact) mass is 267 g/mol. The second-order valence-corrected chi connectivity index (χ2v) is 5.21. The Hall–Kier alpha value is -1.42. The van der Waals surface area contributed by atoms with E-state index in [1.54, 1.807) is 18.2 Å². The molecule has 0 aliphatic heterocycles. The summed E-state index contributed by atoms with van der Waals surface area (Å²) in [4.78, 5) is 13.8.